The van der Waals surface area contributed by atoms with E-state index < -0.39 is 0 Å². The number of amides is 1. The van der Waals surface area contributed by atoms with Crippen LogP contribution in [0.4, 0.5) is 0 Å². The summed E-state index contributed by atoms with van der Waals surface area (Å²) in [7, 11) is 0. The van der Waals surface area contributed by atoms with Crippen molar-refractivity contribution in [3.63, 3.8) is 0 Å². The van der Waals surface area contributed by atoms with E-state index in [1.807, 2.05) is 38.3 Å². The molecule has 0 saturated carbocycles. The number of thiophene rings is 1. The van der Waals surface area contributed by atoms with E-state index in [-0.39, 0.29) is 18.5 Å². The summed E-state index contributed by atoms with van der Waals surface area (Å²) < 4.78 is 1.70. The Balaban J connectivity index is 1.99. The van der Waals surface area contributed by atoms with E-state index in [1.54, 1.807) is 16.0 Å². The number of rotatable bonds is 6. The molecule has 0 saturated heterocycles. The lowest BCUT2D eigenvalue weighted by Gasteiger charge is -2.12. The van der Waals surface area contributed by atoms with Crippen molar-refractivity contribution in [1.29, 1.82) is 0 Å². The van der Waals surface area contributed by atoms with Gasteiger partial charge in [0.1, 0.15) is 12.4 Å². The lowest BCUT2D eigenvalue weighted by Crippen LogP contribution is -2.30. The van der Waals surface area contributed by atoms with E-state index in [9.17, 15) is 4.79 Å². The maximum absolute atomic E-state index is 12.1. The van der Waals surface area contributed by atoms with Crippen LogP contribution in [-0.4, -0.2) is 20.7 Å². The third kappa shape index (κ3) is 3.45. The molecule has 2 rings (SSSR count). The van der Waals surface area contributed by atoms with E-state index >= 15 is 0 Å². The molecule has 0 fully saturated rings. The van der Waals surface area contributed by atoms with E-state index in [1.165, 1.54) is 0 Å². The summed E-state index contributed by atoms with van der Waals surface area (Å²) in [5, 5.41) is 9.36. The summed E-state index contributed by atoms with van der Waals surface area (Å²) in [6.07, 6.45) is 1.56. The Morgan fingerprint density at radius 3 is 2.85 bits per heavy atom. The van der Waals surface area contributed by atoms with Crippen LogP contribution in [-0.2, 0) is 24.2 Å². The summed E-state index contributed by atoms with van der Waals surface area (Å²) >= 11 is 1.65. The Morgan fingerprint density at radius 2 is 2.25 bits per heavy atom. The first-order valence-electron chi connectivity index (χ1n) is 6.89. The van der Waals surface area contributed by atoms with Gasteiger partial charge in [-0.3, -0.25) is 4.79 Å². The molecule has 1 N–H and O–H groups in total. The SMILES string of the molecule is CCc1nc(CC)n(CC(=O)N[C@H](C)c2cccs2)n1. The van der Waals surface area contributed by atoms with Gasteiger partial charge in [-0.05, 0) is 18.4 Å². The largest absolute Gasteiger partial charge is 0.347 e. The molecule has 0 aromatic carbocycles. The summed E-state index contributed by atoms with van der Waals surface area (Å²) in [5.74, 6) is 1.62. The smallest absolute Gasteiger partial charge is 0.242 e. The zero-order chi connectivity index (χ0) is 14.5. The fourth-order valence-corrected chi connectivity index (χ4v) is 2.73. The number of hydrogen-bond acceptors (Lipinski definition) is 4. The highest BCUT2D eigenvalue weighted by Gasteiger charge is 2.14. The number of aromatic nitrogens is 3. The van der Waals surface area contributed by atoms with E-state index in [0.717, 1.165) is 29.4 Å². The molecule has 6 heteroatoms. The van der Waals surface area contributed by atoms with Crippen LogP contribution < -0.4 is 5.32 Å². The maximum atomic E-state index is 12.1. The van der Waals surface area contributed by atoms with Crippen molar-refractivity contribution in [2.75, 3.05) is 0 Å². The number of carbonyl (C=O) groups is 1. The molecule has 108 valence electrons. The van der Waals surface area contributed by atoms with Crippen LogP contribution in [0.25, 0.3) is 0 Å². The molecule has 0 aliphatic heterocycles. The van der Waals surface area contributed by atoms with Crippen LogP contribution in [0.1, 0.15) is 43.3 Å². The van der Waals surface area contributed by atoms with Gasteiger partial charge in [-0.1, -0.05) is 19.9 Å². The van der Waals surface area contributed by atoms with Crippen molar-refractivity contribution >= 4 is 17.2 Å². The van der Waals surface area contributed by atoms with Crippen LogP contribution in [0.2, 0.25) is 0 Å². The highest BCUT2D eigenvalue weighted by Crippen LogP contribution is 2.17. The Kier molecular flexibility index (Phi) is 4.89. The lowest BCUT2D eigenvalue weighted by molar-refractivity contribution is -0.122. The van der Waals surface area contributed by atoms with Crippen molar-refractivity contribution in [3.8, 4) is 0 Å². The van der Waals surface area contributed by atoms with Gasteiger partial charge in [0, 0.05) is 17.7 Å². The van der Waals surface area contributed by atoms with Crippen molar-refractivity contribution in [3.05, 3.63) is 34.0 Å². The molecule has 5 nitrogen and oxygen atoms in total. The van der Waals surface area contributed by atoms with Crippen LogP contribution in [0, 0.1) is 0 Å². The van der Waals surface area contributed by atoms with Gasteiger partial charge in [-0.15, -0.1) is 11.3 Å². The molecule has 20 heavy (non-hydrogen) atoms. The minimum Gasteiger partial charge on any atom is -0.347 e. The topological polar surface area (TPSA) is 59.8 Å². The number of nitrogens with zero attached hydrogens (tertiary/aromatic N) is 3. The molecule has 2 heterocycles. The van der Waals surface area contributed by atoms with E-state index in [4.69, 9.17) is 0 Å². The Hall–Kier alpha value is -1.69. The van der Waals surface area contributed by atoms with Gasteiger partial charge < -0.3 is 5.32 Å². The number of hydrogen-bond donors (Lipinski definition) is 1. The Morgan fingerprint density at radius 1 is 1.45 bits per heavy atom. The Bertz CT molecular complexity index is 562. The van der Waals surface area contributed by atoms with Gasteiger partial charge in [0.2, 0.25) is 5.91 Å². The highest BCUT2D eigenvalue weighted by atomic mass is 32.1. The predicted molar refractivity (Wildman–Crippen MR) is 79.7 cm³/mol. The average molecular weight is 292 g/mol. The molecule has 2 aromatic rings. The minimum atomic E-state index is -0.0341. The second-order valence-corrected chi connectivity index (χ2v) is 5.59. The maximum Gasteiger partial charge on any atom is 0.242 e. The molecule has 0 spiro atoms. The standard InChI is InChI=1S/C14H20N4OS/c1-4-12-16-13(5-2)18(17-12)9-14(19)15-10(3)11-7-6-8-20-11/h6-8,10H,4-5,9H2,1-3H3,(H,15,19)/t10-/m1/s1. The molecule has 0 radical (unpaired) electrons. The van der Waals surface area contributed by atoms with Gasteiger partial charge >= 0.3 is 0 Å². The molecule has 1 atom stereocenters. The number of carbonyl (C=O) groups excluding carboxylic acids is 1. The molecule has 0 bridgehead atoms. The first-order chi connectivity index (χ1) is 9.63. The second kappa shape index (κ2) is 6.65. The fourth-order valence-electron chi connectivity index (χ4n) is 2.00. The van der Waals surface area contributed by atoms with Gasteiger partial charge in [0.15, 0.2) is 5.82 Å². The zero-order valence-electron chi connectivity index (χ0n) is 12.1. The van der Waals surface area contributed by atoms with Crippen LogP contribution in [0.15, 0.2) is 17.5 Å². The monoisotopic (exact) mass is 292 g/mol. The quantitative estimate of drug-likeness (QED) is 0.889. The molecule has 2 aromatic heterocycles. The van der Waals surface area contributed by atoms with Crippen LogP contribution in [0.3, 0.4) is 0 Å². The fraction of sp³-hybridized carbons (Fsp3) is 0.500. The van der Waals surface area contributed by atoms with Crippen LogP contribution in [0.5, 0.6) is 0 Å². The molecule has 0 aliphatic carbocycles. The minimum absolute atomic E-state index is 0.0294. The van der Waals surface area contributed by atoms with Gasteiger partial charge in [0.05, 0.1) is 6.04 Å². The highest BCUT2D eigenvalue weighted by molar-refractivity contribution is 7.10. The van der Waals surface area contributed by atoms with Gasteiger partial charge in [-0.25, -0.2) is 9.67 Å². The normalized spacial score (nSPS) is 12.3. The molecular weight excluding hydrogens is 272 g/mol. The van der Waals surface area contributed by atoms with E-state index in [2.05, 4.69) is 15.4 Å². The van der Waals surface area contributed by atoms with Crippen molar-refractivity contribution in [2.24, 2.45) is 0 Å². The third-order valence-corrected chi connectivity index (χ3v) is 4.12. The number of nitrogens with one attached hydrogen (secondary N) is 1. The molecule has 0 aliphatic rings. The summed E-state index contributed by atoms with van der Waals surface area (Å²) in [4.78, 5) is 17.6. The lowest BCUT2D eigenvalue weighted by atomic mass is 10.3. The molecular formula is C14H20N4OS. The summed E-state index contributed by atoms with van der Waals surface area (Å²) in [6, 6.07) is 4.04. The van der Waals surface area contributed by atoms with Crippen molar-refractivity contribution in [1.82, 2.24) is 20.1 Å². The molecule has 0 unspecified atom stereocenters. The first kappa shape index (κ1) is 14.7. The average Bonchev–Trinajstić information content (AvgIpc) is 3.07. The number of aryl methyl sites for hydroxylation is 2. The van der Waals surface area contributed by atoms with E-state index in [0.29, 0.717) is 0 Å². The summed E-state index contributed by atoms with van der Waals surface area (Å²) in [6.45, 7) is 6.25. The molecule has 1 amide bonds. The summed E-state index contributed by atoms with van der Waals surface area (Å²) in [5.41, 5.74) is 0. The zero-order valence-corrected chi connectivity index (χ0v) is 12.9. The first-order valence-corrected chi connectivity index (χ1v) is 7.77. The van der Waals surface area contributed by atoms with Crippen LogP contribution >= 0.6 is 11.3 Å². The van der Waals surface area contributed by atoms with Gasteiger partial charge in [-0.2, -0.15) is 5.10 Å². The van der Waals surface area contributed by atoms with Gasteiger partial charge in [0.25, 0.3) is 0 Å². The van der Waals surface area contributed by atoms with Crippen molar-refractivity contribution in [2.45, 2.75) is 46.2 Å². The third-order valence-electron chi connectivity index (χ3n) is 3.07. The Labute approximate surface area is 123 Å². The second-order valence-electron chi connectivity index (χ2n) is 4.61. The predicted octanol–water partition coefficient (Wildman–Crippen LogP) is 2.34. The van der Waals surface area contributed by atoms with Crippen molar-refractivity contribution < 1.29 is 4.79 Å².